The molecule has 0 heterocycles. The quantitative estimate of drug-likeness (QED) is 0.421. The molecule has 3 rings (SSSR count). The van der Waals surface area contributed by atoms with Gasteiger partial charge in [0.1, 0.15) is 5.82 Å². The van der Waals surface area contributed by atoms with E-state index in [0.29, 0.717) is 35.6 Å². The van der Waals surface area contributed by atoms with Gasteiger partial charge in [-0.2, -0.15) is 12.7 Å². The summed E-state index contributed by atoms with van der Waals surface area (Å²) in [7, 11) is 1.96. The van der Waals surface area contributed by atoms with E-state index in [9.17, 15) is 17.6 Å². The van der Waals surface area contributed by atoms with Gasteiger partial charge < -0.3 is 14.8 Å². The van der Waals surface area contributed by atoms with Gasteiger partial charge in [-0.1, -0.05) is 30.3 Å². The van der Waals surface area contributed by atoms with Crippen molar-refractivity contribution in [2.75, 3.05) is 39.2 Å². The number of nitrogens with one attached hydrogen (secondary N) is 1. The van der Waals surface area contributed by atoms with Crippen molar-refractivity contribution in [1.29, 1.82) is 0 Å². The summed E-state index contributed by atoms with van der Waals surface area (Å²) in [6.07, 6.45) is 0.601. The molecule has 36 heavy (non-hydrogen) atoms. The van der Waals surface area contributed by atoms with Crippen molar-refractivity contribution in [1.82, 2.24) is 9.62 Å². The predicted molar refractivity (Wildman–Crippen MR) is 137 cm³/mol. The fraction of sp³-hybridized carbons (Fsp3) is 0.269. The Hall–Kier alpha value is -3.63. The van der Waals surface area contributed by atoms with E-state index >= 15 is 0 Å². The second-order valence-electron chi connectivity index (χ2n) is 8.14. The van der Waals surface area contributed by atoms with Crippen molar-refractivity contribution in [3.05, 3.63) is 89.2 Å². The SMILES string of the molecule is COc1ccc(CCNC(=O)c2ccc(CN(c3ccccc3F)S(=O)(=O)N(C)C)cc2)cc1OC. The van der Waals surface area contributed by atoms with Crippen LogP contribution in [-0.4, -0.2) is 53.5 Å². The molecule has 10 heteroatoms. The zero-order valence-electron chi connectivity index (χ0n) is 20.7. The average molecular weight is 516 g/mol. The number of para-hydroxylation sites is 1. The molecule has 0 aliphatic carbocycles. The number of rotatable bonds is 11. The number of nitrogens with zero attached hydrogens (tertiary/aromatic N) is 2. The lowest BCUT2D eigenvalue weighted by atomic mass is 10.1. The fourth-order valence-corrected chi connectivity index (χ4v) is 4.63. The standard InChI is InChI=1S/C26H30FN3O5S/c1-29(2)36(32,33)30(23-8-6-5-7-22(23)27)18-20-9-12-21(13-10-20)26(31)28-16-15-19-11-14-24(34-3)25(17-19)35-4/h5-14,17H,15-16,18H2,1-4H3,(H,28,31). The van der Waals surface area contributed by atoms with Crippen LogP contribution in [0.2, 0.25) is 0 Å². The lowest BCUT2D eigenvalue weighted by molar-refractivity contribution is 0.0954. The number of carbonyl (C=O) groups excluding carboxylic acids is 1. The molecule has 8 nitrogen and oxygen atoms in total. The molecule has 0 aliphatic heterocycles. The lowest BCUT2D eigenvalue weighted by Gasteiger charge is -2.27. The number of ether oxygens (including phenoxy) is 2. The van der Waals surface area contributed by atoms with Crippen molar-refractivity contribution in [2.24, 2.45) is 0 Å². The number of halogens is 1. The Labute approximate surface area is 211 Å². The van der Waals surface area contributed by atoms with Crippen molar-refractivity contribution in [2.45, 2.75) is 13.0 Å². The van der Waals surface area contributed by atoms with Crippen LogP contribution in [0.4, 0.5) is 10.1 Å². The third-order valence-electron chi connectivity index (χ3n) is 5.55. The highest BCUT2D eigenvalue weighted by Crippen LogP contribution is 2.28. The lowest BCUT2D eigenvalue weighted by Crippen LogP contribution is -2.40. The fourth-order valence-electron chi connectivity index (χ4n) is 3.53. The molecule has 0 saturated carbocycles. The molecule has 0 spiro atoms. The molecule has 0 aliphatic rings. The van der Waals surface area contributed by atoms with Gasteiger partial charge in [0.2, 0.25) is 0 Å². The van der Waals surface area contributed by atoms with E-state index in [0.717, 1.165) is 14.2 Å². The minimum absolute atomic E-state index is 0.0526. The third-order valence-corrected chi connectivity index (χ3v) is 7.36. The van der Waals surface area contributed by atoms with Crippen LogP contribution < -0.4 is 19.1 Å². The molecule has 0 bridgehead atoms. The van der Waals surface area contributed by atoms with Gasteiger partial charge in [-0.3, -0.25) is 9.10 Å². The van der Waals surface area contributed by atoms with Crippen LogP contribution in [0.5, 0.6) is 11.5 Å². The molecule has 1 amide bonds. The summed E-state index contributed by atoms with van der Waals surface area (Å²) in [5.74, 6) is 0.359. The molecule has 0 radical (unpaired) electrons. The summed E-state index contributed by atoms with van der Waals surface area (Å²) < 4.78 is 52.8. The number of anilines is 1. The zero-order chi connectivity index (χ0) is 26.3. The highest BCUT2D eigenvalue weighted by molar-refractivity contribution is 7.90. The van der Waals surface area contributed by atoms with Crippen LogP contribution in [0.3, 0.4) is 0 Å². The largest absolute Gasteiger partial charge is 0.493 e. The van der Waals surface area contributed by atoms with Crippen LogP contribution >= 0.6 is 0 Å². The molecule has 0 saturated heterocycles. The first kappa shape index (κ1) is 27.0. The number of methoxy groups -OCH3 is 2. The van der Waals surface area contributed by atoms with Crippen LogP contribution in [0.25, 0.3) is 0 Å². The number of amides is 1. The van der Waals surface area contributed by atoms with Crippen molar-refractivity contribution in [3.63, 3.8) is 0 Å². The van der Waals surface area contributed by atoms with Gasteiger partial charge >= 0.3 is 10.2 Å². The summed E-state index contributed by atoms with van der Waals surface area (Å²) >= 11 is 0. The molecule has 3 aromatic carbocycles. The monoisotopic (exact) mass is 515 g/mol. The van der Waals surface area contributed by atoms with Crippen LogP contribution in [0.15, 0.2) is 66.7 Å². The topological polar surface area (TPSA) is 88.2 Å². The summed E-state index contributed by atoms with van der Waals surface area (Å²) in [6, 6.07) is 17.8. The van der Waals surface area contributed by atoms with Gasteiger partial charge in [0.05, 0.1) is 26.5 Å². The number of carbonyl (C=O) groups is 1. The third kappa shape index (κ3) is 6.32. The Morgan fingerprint density at radius 1 is 0.917 bits per heavy atom. The first-order valence-corrected chi connectivity index (χ1v) is 12.6. The van der Waals surface area contributed by atoms with Gasteiger partial charge in [-0.15, -0.1) is 0 Å². The Kier molecular flexibility index (Phi) is 8.89. The van der Waals surface area contributed by atoms with Crippen LogP contribution in [-0.2, 0) is 23.2 Å². The Bertz CT molecular complexity index is 1300. The molecular formula is C26H30FN3O5S. The molecule has 1 N–H and O–H groups in total. The summed E-state index contributed by atoms with van der Waals surface area (Å²) in [5.41, 5.74) is 1.96. The van der Waals surface area contributed by atoms with Gasteiger partial charge in [-0.05, 0) is 53.9 Å². The Balaban J connectivity index is 1.67. The molecule has 0 unspecified atom stereocenters. The predicted octanol–water partition coefficient (Wildman–Crippen LogP) is 3.63. The van der Waals surface area contributed by atoms with Crippen molar-refractivity contribution >= 4 is 21.8 Å². The molecule has 3 aromatic rings. The highest BCUT2D eigenvalue weighted by Gasteiger charge is 2.27. The highest BCUT2D eigenvalue weighted by atomic mass is 32.2. The van der Waals surface area contributed by atoms with Crippen molar-refractivity contribution in [3.8, 4) is 11.5 Å². The van der Waals surface area contributed by atoms with Crippen LogP contribution in [0, 0.1) is 5.82 Å². The molecule has 0 fully saturated rings. The molecule has 0 atom stereocenters. The van der Waals surface area contributed by atoms with E-state index in [1.807, 2.05) is 18.2 Å². The Morgan fingerprint density at radius 3 is 2.17 bits per heavy atom. The van der Waals surface area contributed by atoms with Gasteiger partial charge in [-0.25, -0.2) is 4.39 Å². The first-order valence-electron chi connectivity index (χ1n) is 11.2. The van der Waals surface area contributed by atoms with Gasteiger partial charge in [0.15, 0.2) is 11.5 Å². The van der Waals surface area contributed by atoms with E-state index < -0.39 is 16.0 Å². The first-order chi connectivity index (χ1) is 17.2. The molecular weight excluding hydrogens is 485 g/mol. The second kappa shape index (κ2) is 11.9. The zero-order valence-corrected chi connectivity index (χ0v) is 21.5. The average Bonchev–Trinajstić information content (AvgIpc) is 2.87. The van der Waals surface area contributed by atoms with E-state index in [1.165, 1.54) is 32.3 Å². The Morgan fingerprint density at radius 2 is 1.56 bits per heavy atom. The van der Waals surface area contributed by atoms with E-state index in [2.05, 4.69) is 5.32 Å². The van der Waals surface area contributed by atoms with Gasteiger partial charge in [0.25, 0.3) is 5.91 Å². The number of hydrogen-bond donors (Lipinski definition) is 1. The summed E-state index contributed by atoms with van der Waals surface area (Å²) in [6.45, 7) is 0.320. The molecule has 192 valence electrons. The van der Waals surface area contributed by atoms with Gasteiger partial charge in [0, 0.05) is 26.2 Å². The summed E-state index contributed by atoms with van der Waals surface area (Å²) in [5, 5.41) is 2.87. The minimum atomic E-state index is -3.96. The maximum atomic E-state index is 14.4. The minimum Gasteiger partial charge on any atom is -0.493 e. The van der Waals surface area contributed by atoms with E-state index in [-0.39, 0.29) is 18.1 Å². The normalized spacial score (nSPS) is 11.3. The van der Waals surface area contributed by atoms with Crippen molar-refractivity contribution < 1.29 is 27.1 Å². The maximum absolute atomic E-state index is 14.4. The number of hydrogen-bond acceptors (Lipinski definition) is 5. The number of benzene rings is 3. The van der Waals surface area contributed by atoms with Crippen LogP contribution in [0.1, 0.15) is 21.5 Å². The van der Waals surface area contributed by atoms with E-state index in [4.69, 9.17) is 9.47 Å². The molecule has 0 aromatic heterocycles. The van der Waals surface area contributed by atoms with E-state index in [1.54, 1.807) is 44.6 Å². The smallest absolute Gasteiger partial charge is 0.303 e. The second-order valence-corrected chi connectivity index (χ2v) is 10.2. The maximum Gasteiger partial charge on any atom is 0.303 e. The summed E-state index contributed by atoms with van der Waals surface area (Å²) in [4.78, 5) is 12.6.